The predicted molar refractivity (Wildman–Crippen MR) is 71.0 cm³/mol. The summed E-state index contributed by atoms with van der Waals surface area (Å²) < 4.78 is 5.15. The van der Waals surface area contributed by atoms with Crippen LogP contribution >= 0.6 is 0 Å². The number of ketones is 2. The third-order valence-electron chi connectivity index (χ3n) is 1.89. The Kier molecular flexibility index (Phi) is 9.30. The van der Waals surface area contributed by atoms with Gasteiger partial charge in [0.2, 0.25) is 0 Å². The third-order valence-corrected chi connectivity index (χ3v) is 1.89. The molecule has 1 atom stereocenters. The fraction of sp³-hybridized carbons (Fsp3) is 0.429. The van der Waals surface area contributed by atoms with Gasteiger partial charge in [-0.1, -0.05) is 18.2 Å². The maximum absolute atomic E-state index is 10.0. The molecular formula is C14H20O5. The number of ether oxygens (including phenoxy) is 1. The lowest BCUT2D eigenvalue weighted by Crippen LogP contribution is -2.21. The maximum atomic E-state index is 10.0. The molecule has 0 aliphatic heterocycles. The van der Waals surface area contributed by atoms with Gasteiger partial charge in [0.05, 0.1) is 13.0 Å². The van der Waals surface area contributed by atoms with Crippen LogP contribution in [0.3, 0.4) is 0 Å². The fourth-order valence-electron chi connectivity index (χ4n) is 1.11. The van der Waals surface area contributed by atoms with Crippen LogP contribution in [0.5, 0.6) is 5.75 Å². The monoisotopic (exact) mass is 268 g/mol. The minimum Gasteiger partial charge on any atom is -0.491 e. The van der Waals surface area contributed by atoms with E-state index in [1.807, 2.05) is 18.2 Å². The van der Waals surface area contributed by atoms with Gasteiger partial charge >= 0.3 is 0 Å². The second-order valence-corrected chi connectivity index (χ2v) is 4.04. The first-order valence-corrected chi connectivity index (χ1v) is 5.91. The van der Waals surface area contributed by atoms with E-state index in [0.29, 0.717) is 5.75 Å². The number of benzene rings is 1. The highest BCUT2D eigenvalue weighted by molar-refractivity contribution is 5.96. The molecule has 2 N–H and O–H groups in total. The lowest BCUT2D eigenvalue weighted by atomic mass is 10.2. The van der Waals surface area contributed by atoms with E-state index < -0.39 is 6.10 Å². The smallest absolute Gasteiger partial charge is 0.137 e. The van der Waals surface area contributed by atoms with Crippen LogP contribution < -0.4 is 4.74 Å². The van der Waals surface area contributed by atoms with Gasteiger partial charge in [0, 0.05) is 0 Å². The number of aliphatic hydroxyl groups is 2. The number of carbonyl (C=O) groups excluding carboxylic acids is 2. The Labute approximate surface area is 112 Å². The molecule has 1 unspecified atom stereocenters. The molecule has 0 heterocycles. The van der Waals surface area contributed by atoms with Gasteiger partial charge in [0.1, 0.15) is 30.0 Å². The molecule has 1 aromatic carbocycles. The summed E-state index contributed by atoms with van der Waals surface area (Å²) in [6, 6.07) is 9.17. The molecule has 1 rings (SSSR count). The zero-order chi connectivity index (χ0) is 14.7. The van der Waals surface area contributed by atoms with Crippen LogP contribution in [0.15, 0.2) is 30.3 Å². The summed E-state index contributed by atoms with van der Waals surface area (Å²) in [5, 5.41) is 17.4. The van der Waals surface area contributed by atoms with E-state index in [-0.39, 0.29) is 31.2 Å². The normalized spacial score (nSPS) is 10.9. The van der Waals surface area contributed by atoms with Crippen LogP contribution in [-0.2, 0) is 9.59 Å². The van der Waals surface area contributed by atoms with Crippen molar-refractivity contribution in [3.63, 3.8) is 0 Å². The van der Waals surface area contributed by atoms with E-state index >= 15 is 0 Å². The average Bonchev–Trinajstić information content (AvgIpc) is 2.36. The minimum atomic E-state index is -0.801. The molecule has 0 radical (unpaired) electrons. The molecule has 19 heavy (non-hydrogen) atoms. The topological polar surface area (TPSA) is 83.8 Å². The van der Waals surface area contributed by atoms with E-state index in [4.69, 9.17) is 14.9 Å². The Hall–Kier alpha value is -1.72. The van der Waals surface area contributed by atoms with E-state index in [9.17, 15) is 9.59 Å². The number of hydrogen-bond donors (Lipinski definition) is 2. The van der Waals surface area contributed by atoms with Gasteiger partial charge < -0.3 is 14.9 Å². The summed E-state index contributed by atoms with van der Waals surface area (Å²) >= 11 is 0. The maximum Gasteiger partial charge on any atom is 0.137 e. The van der Waals surface area contributed by atoms with Crippen molar-refractivity contribution in [1.82, 2.24) is 0 Å². The van der Waals surface area contributed by atoms with Crippen LogP contribution in [0, 0.1) is 0 Å². The Balaban J connectivity index is 0.000000399. The van der Waals surface area contributed by atoms with Crippen molar-refractivity contribution in [2.45, 2.75) is 26.4 Å². The first kappa shape index (κ1) is 17.3. The highest BCUT2D eigenvalue weighted by Gasteiger charge is 2.01. The highest BCUT2D eigenvalue weighted by Crippen LogP contribution is 2.08. The minimum absolute atomic E-state index is 0.0625. The molecule has 0 bridgehead atoms. The van der Waals surface area contributed by atoms with Crippen molar-refractivity contribution in [3.8, 4) is 5.75 Å². The predicted octanol–water partition coefficient (Wildman–Crippen LogP) is 0.973. The van der Waals surface area contributed by atoms with Gasteiger partial charge in [-0.2, -0.15) is 0 Å². The van der Waals surface area contributed by atoms with E-state index in [1.54, 1.807) is 12.1 Å². The third kappa shape index (κ3) is 11.1. The number of hydrogen-bond acceptors (Lipinski definition) is 5. The molecule has 106 valence electrons. The molecule has 0 aliphatic carbocycles. The molecule has 0 amide bonds. The molecule has 5 nitrogen and oxygen atoms in total. The van der Waals surface area contributed by atoms with Crippen LogP contribution in [0.2, 0.25) is 0 Å². The Morgan fingerprint density at radius 3 is 2.05 bits per heavy atom. The van der Waals surface area contributed by atoms with Gasteiger partial charge in [-0.25, -0.2) is 0 Å². The SMILES string of the molecule is CC(=O)CC(C)=O.OCC(O)COc1ccccc1. The standard InChI is InChI=1S/C9H12O3.C5H8O2/c10-6-8(11)7-12-9-4-2-1-3-5-9;1-4(6)3-5(2)7/h1-5,8,10-11H,6-7H2;3H2,1-2H3. The molecule has 0 fully saturated rings. The van der Waals surface area contributed by atoms with Crippen molar-refractivity contribution in [2.75, 3.05) is 13.2 Å². The average molecular weight is 268 g/mol. The molecule has 0 saturated carbocycles. The van der Waals surface area contributed by atoms with E-state index in [1.165, 1.54) is 13.8 Å². The zero-order valence-corrected chi connectivity index (χ0v) is 11.2. The highest BCUT2D eigenvalue weighted by atomic mass is 16.5. The number of Topliss-reactive ketones (excluding diaryl/α,β-unsaturated/α-hetero) is 2. The first-order valence-electron chi connectivity index (χ1n) is 5.91. The molecule has 0 saturated heterocycles. The molecule has 1 aromatic rings. The van der Waals surface area contributed by atoms with Gasteiger partial charge in [-0.15, -0.1) is 0 Å². The Bertz CT molecular complexity index is 363. The fourth-order valence-corrected chi connectivity index (χ4v) is 1.11. The summed E-state index contributed by atoms with van der Waals surface area (Å²) in [5.74, 6) is 0.574. The molecule has 5 heteroatoms. The summed E-state index contributed by atoms with van der Waals surface area (Å²) in [6.45, 7) is 2.66. The van der Waals surface area contributed by atoms with Crippen molar-refractivity contribution in [3.05, 3.63) is 30.3 Å². The molecule has 0 aliphatic rings. The van der Waals surface area contributed by atoms with Crippen molar-refractivity contribution in [1.29, 1.82) is 0 Å². The van der Waals surface area contributed by atoms with Gasteiger partial charge in [-0.3, -0.25) is 9.59 Å². The number of rotatable bonds is 6. The van der Waals surface area contributed by atoms with Crippen molar-refractivity contribution in [2.24, 2.45) is 0 Å². The van der Waals surface area contributed by atoms with E-state index in [0.717, 1.165) is 0 Å². The quantitative estimate of drug-likeness (QED) is 0.751. The lowest BCUT2D eigenvalue weighted by Gasteiger charge is -2.08. The Morgan fingerprint density at radius 1 is 1.16 bits per heavy atom. The largest absolute Gasteiger partial charge is 0.491 e. The summed E-state index contributed by atoms with van der Waals surface area (Å²) in [7, 11) is 0. The summed E-state index contributed by atoms with van der Waals surface area (Å²) in [5.41, 5.74) is 0. The summed E-state index contributed by atoms with van der Waals surface area (Å²) in [6.07, 6.45) is -0.717. The molecular weight excluding hydrogens is 248 g/mol. The zero-order valence-electron chi connectivity index (χ0n) is 11.2. The Morgan fingerprint density at radius 2 is 1.68 bits per heavy atom. The first-order chi connectivity index (χ1) is 8.95. The number of carbonyl (C=O) groups is 2. The van der Waals surface area contributed by atoms with Crippen LogP contribution in [0.25, 0.3) is 0 Å². The number of para-hydroxylation sites is 1. The number of aliphatic hydroxyl groups excluding tert-OH is 2. The summed E-state index contributed by atoms with van der Waals surface area (Å²) in [4.78, 5) is 20.1. The lowest BCUT2D eigenvalue weighted by molar-refractivity contribution is -0.124. The second-order valence-electron chi connectivity index (χ2n) is 4.04. The van der Waals surface area contributed by atoms with Gasteiger partial charge in [-0.05, 0) is 26.0 Å². The van der Waals surface area contributed by atoms with Crippen molar-refractivity contribution < 1.29 is 24.5 Å². The molecule has 0 aromatic heterocycles. The van der Waals surface area contributed by atoms with Crippen LogP contribution in [0.4, 0.5) is 0 Å². The van der Waals surface area contributed by atoms with E-state index in [2.05, 4.69) is 0 Å². The van der Waals surface area contributed by atoms with Gasteiger partial charge in [0.15, 0.2) is 0 Å². The van der Waals surface area contributed by atoms with Crippen LogP contribution in [0.1, 0.15) is 20.3 Å². The van der Waals surface area contributed by atoms with Crippen molar-refractivity contribution >= 4 is 11.6 Å². The second kappa shape index (κ2) is 10.2. The van der Waals surface area contributed by atoms with Gasteiger partial charge in [0.25, 0.3) is 0 Å². The molecule has 0 spiro atoms. The van der Waals surface area contributed by atoms with Crippen LogP contribution in [-0.4, -0.2) is 41.1 Å².